The number of halogens is 1. The van der Waals surface area contributed by atoms with E-state index in [0.717, 1.165) is 21.1 Å². The van der Waals surface area contributed by atoms with Crippen LogP contribution in [0.2, 0.25) is 0 Å². The molecule has 5 nitrogen and oxygen atoms in total. The van der Waals surface area contributed by atoms with Gasteiger partial charge in [0, 0.05) is 17.5 Å². The molecule has 0 bridgehead atoms. The van der Waals surface area contributed by atoms with Gasteiger partial charge >= 0.3 is 0 Å². The van der Waals surface area contributed by atoms with Gasteiger partial charge < -0.3 is 5.73 Å². The van der Waals surface area contributed by atoms with Crippen LogP contribution in [0.1, 0.15) is 16.6 Å². The maximum Gasteiger partial charge on any atom is 0.269 e. The molecule has 0 fully saturated rings. The van der Waals surface area contributed by atoms with Crippen molar-refractivity contribution in [3.63, 3.8) is 0 Å². The standard InChI is InChI=1S/C15H13N3O2S2.BrH/c16-12(8-10-3-5-11(6-4-10)18(19)20)15-17-13(9-22-15)14-2-1-7-21-14;/h1-7,9,12H,8,16H2;1H/t12-;/m0./s1. The SMILES string of the molecule is Br.N[C@@H](Cc1ccc([N+](=O)[O-])cc1)c1nc(-c2cccs2)cs1. The first-order valence-corrected chi connectivity index (χ1v) is 8.37. The van der Waals surface area contributed by atoms with E-state index in [4.69, 9.17) is 5.73 Å². The van der Waals surface area contributed by atoms with E-state index in [2.05, 4.69) is 4.98 Å². The van der Waals surface area contributed by atoms with Crippen LogP contribution in [0.25, 0.3) is 10.6 Å². The molecule has 0 saturated heterocycles. The highest BCUT2D eigenvalue weighted by Crippen LogP contribution is 2.29. The molecule has 0 saturated carbocycles. The molecule has 0 unspecified atom stereocenters. The number of benzene rings is 1. The number of nitro benzene ring substituents is 1. The molecule has 0 aliphatic rings. The summed E-state index contributed by atoms with van der Waals surface area (Å²) in [6.07, 6.45) is 0.607. The maximum atomic E-state index is 10.6. The van der Waals surface area contributed by atoms with Crippen LogP contribution in [0.15, 0.2) is 47.2 Å². The van der Waals surface area contributed by atoms with Gasteiger partial charge in [-0.05, 0) is 23.4 Å². The zero-order valence-electron chi connectivity index (χ0n) is 11.9. The average molecular weight is 412 g/mol. The van der Waals surface area contributed by atoms with E-state index >= 15 is 0 Å². The number of nitro groups is 1. The smallest absolute Gasteiger partial charge is 0.269 e. The molecule has 1 aromatic carbocycles. The number of rotatable bonds is 5. The fourth-order valence-electron chi connectivity index (χ4n) is 2.09. The van der Waals surface area contributed by atoms with E-state index in [-0.39, 0.29) is 28.7 Å². The Kier molecular flexibility index (Phi) is 6.00. The van der Waals surface area contributed by atoms with Gasteiger partial charge in [0.15, 0.2) is 0 Å². The first-order chi connectivity index (χ1) is 10.6. The molecule has 2 aromatic heterocycles. The molecule has 0 spiro atoms. The van der Waals surface area contributed by atoms with Gasteiger partial charge in [0.2, 0.25) is 0 Å². The van der Waals surface area contributed by atoms with Crippen molar-refractivity contribution >= 4 is 45.3 Å². The Morgan fingerprint density at radius 3 is 2.57 bits per heavy atom. The number of nitrogens with zero attached hydrogens (tertiary/aromatic N) is 2. The molecule has 0 amide bonds. The normalized spacial score (nSPS) is 11.7. The minimum atomic E-state index is -0.405. The van der Waals surface area contributed by atoms with E-state index < -0.39 is 4.92 Å². The molecule has 3 aromatic rings. The molecule has 0 radical (unpaired) electrons. The number of nitrogens with two attached hydrogens (primary N) is 1. The molecule has 2 N–H and O–H groups in total. The minimum absolute atomic E-state index is 0. The maximum absolute atomic E-state index is 10.6. The molecular formula is C15H14BrN3O2S2. The van der Waals surface area contributed by atoms with E-state index in [9.17, 15) is 10.1 Å². The third-order valence-corrected chi connectivity index (χ3v) is 5.08. The summed E-state index contributed by atoms with van der Waals surface area (Å²) in [6, 6.07) is 10.3. The quantitative estimate of drug-likeness (QED) is 0.491. The summed E-state index contributed by atoms with van der Waals surface area (Å²) in [5.74, 6) is 0. The van der Waals surface area contributed by atoms with Gasteiger partial charge in [0.25, 0.3) is 5.69 Å². The third kappa shape index (κ3) is 4.23. The van der Waals surface area contributed by atoms with Crippen molar-refractivity contribution in [3.05, 3.63) is 67.8 Å². The van der Waals surface area contributed by atoms with Crippen LogP contribution in [0.5, 0.6) is 0 Å². The van der Waals surface area contributed by atoms with Crippen LogP contribution in [0.4, 0.5) is 5.69 Å². The predicted octanol–water partition coefficient (Wildman–Crippen LogP) is 4.60. The van der Waals surface area contributed by atoms with E-state index in [1.807, 2.05) is 22.9 Å². The summed E-state index contributed by atoms with van der Waals surface area (Å²) in [4.78, 5) is 16.0. The van der Waals surface area contributed by atoms with Crippen molar-refractivity contribution in [2.75, 3.05) is 0 Å². The highest BCUT2D eigenvalue weighted by atomic mass is 79.9. The summed E-state index contributed by atoms with van der Waals surface area (Å²) in [5, 5.41) is 15.6. The molecule has 8 heteroatoms. The zero-order chi connectivity index (χ0) is 15.5. The van der Waals surface area contributed by atoms with Crippen molar-refractivity contribution in [2.24, 2.45) is 5.73 Å². The molecule has 0 aliphatic heterocycles. The summed E-state index contributed by atoms with van der Waals surface area (Å²) < 4.78 is 0. The molecule has 120 valence electrons. The molecular weight excluding hydrogens is 398 g/mol. The fraction of sp³-hybridized carbons (Fsp3) is 0.133. The molecule has 2 heterocycles. The lowest BCUT2D eigenvalue weighted by molar-refractivity contribution is -0.384. The van der Waals surface area contributed by atoms with Gasteiger partial charge in [0.05, 0.1) is 21.5 Å². The lowest BCUT2D eigenvalue weighted by Gasteiger charge is -2.08. The summed E-state index contributed by atoms with van der Waals surface area (Å²) in [6.45, 7) is 0. The van der Waals surface area contributed by atoms with Crippen LogP contribution in [-0.4, -0.2) is 9.91 Å². The topological polar surface area (TPSA) is 82.0 Å². The Morgan fingerprint density at radius 2 is 1.96 bits per heavy atom. The first kappa shape index (κ1) is 17.7. The summed E-state index contributed by atoms with van der Waals surface area (Å²) in [5.41, 5.74) is 8.22. The van der Waals surface area contributed by atoms with Gasteiger partial charge in [-0.2, -0.15) is 0 Å². The first-order valence-electron chi connectivity index (χ1n) is 6.61. The van der Waals surface area contributed by atoms with Crippen molar-refractivity contribution < 1.29 is 4.92 Å². The second kappa shape index (κ2) is 7.78. The monoisotopic (exact) mass is 411 g/mol. The lowest BCUT2D eigenvalue weighted by Crippen LogP contribution is -2.13. The van der Waals surface area contributed by atoms with Gasteiger partial charge in [-0.25, -0.2) is 4.98 Å². The van der Waals surface area contributed by atoms with Crippen LogP contribution in [0, 0.1) is 10.1 Å². The zero-order valence-corrected chi connectivity index (χ0v) is 15.3. The van der Waals surface area contributed by atoms with Crippen LogP contribution < -0.4 is 5.73 Å². The number of thiophene rings is 1. The molecule has 1 atom stereocenters. The largest absolute Gasteiger partial charge is 0.322 e. The Bertz CT molecular complexity index is 772. The number of hydrogen-bond acceptors (Lipinski definition) is 6. The highest BCUT2D eigenvalue weighted by molar-refractivity contribution is 8.93. The average Bonchev–Trinajstić information content (AvgIpc) is 3.19. The predicted molar refractivity (Wildman–Crippen MR) is 99.5 cm³/mol. The van der Waals surface area contributed by atoms with Gasteiger partial charge in [-0.1, -0.05) is 18.2 Å². The molecule has 23 heavy (non-hydrogen) atoms. The van der Waals surface area contributed by atoms with Gasteiger partial charge in [-0.3, -0.25) is 10.1 Å². The fourth-order valence-corrected chi connectivity index (χ4v) is 3.67. The van der Waals surface area contributed by atoms with E-state index in [1.54, 1.807) is 34.8 Å². The van der Waals surface area contributed by atoms with Crippen molar-refractivity contribution in [1.29, 1.82) is 0 Å². The number of aromatic nitrogens is 1. The highest BCUT2D eigenvalue weighted by Gasteiger charge is 2.14. The van der Waals surface area contributed by atoms with E-state index in [1.165, 1.54) is 12.1 Å². The van der Waals surface area contributed by atoms with Gasteiger partial charge in [0.1, 0.15) is 5.01 Å². The molecule has 0 aliphatic carbocycles. The Hall–Kier alpha value is -1.61. The summed E-state index contributed by atoms with van der Waals surface area (Å²) >= 11 is 3.19. The molecule has 3 rings (SSSR count). The second-order valence-corrected chi connectivity index (χ2v) is 6.62. The second-order valence-electron chi connectivity index (χ2n) is 4.78. The number of hydrogen-bond donors (Lipinski definition) is 1. The Balaban J connectivity index is 0.00000192. The van der Waals surface area contributed by atoms with Crippen LogP contribution >= 0.6 is 39.7 Å². The minimum Gasteiger partial charge on any atom is -0.322 e. The lowest BCUT2D eigenvalue weighted by atomic mass is 10.1. The van der Waals surface area contributed by atoms with Crippen LogP contribution in [0.3, 0.4) is 0 Å². The third-order valence-electron chi connectivity index (χ3n) is 3.22. The van der Waals surface area contributed by atoms with Crippen LogP contribution in [-0.2, 0) is 6.42 Å². The number of non-ortho nitro benzene ring substituents is 1. The number of thiazole rings is 1. The van der Waals surface area contributed by atoms with Crippen molar-refractivity contribution in [1.82, 2.24) is 4.98 Å². The Labute approximate surface area is 151 Å². The Morgan fingerprint density at radius 1 is 1.22 bits per heavy atom. The summed E-state index contributed by atoms with van der Waals surface area (Å²) in [7, 11) is 0. The van der Waals surface area contributed by atoms with Crippen molar-refractivity contribution in [2.45, 2.75) is 12.5 Å². The van der Waals surface area contributed by atoms with E-state index in [0.29, 0.717) is 6.42 Å². The van der Waals surface area contributed by atoms with Crippen molar-refractivity contribution in [3.8, 4) is 10.6 Å². The van der Waals surface area contributed by atoms with Gasteiger partial charge in [-0.15, -0.1) is 39.7 Å².